The van der Waals surface area contributed by atoms with Crippen LogP contribution >= 0.6 is 0 Å². The number of anilines is 1. The molecule has 2 N–H and O–H groups in total. The molecule has 1 amide bonds. The van der Waals surface area contributed by atoms with Gasteiger partial charge in [-0.25, -0.2) is 4.79 Å². The number of carbonyl (C=O) groups is 1. The summed E-state index contributed by atoms with van der Waals surface area (Å²) in [6.45, 7) is 6.98. The maximum absolute atomic E-state index is 12.1. The molecule has 0 atom stereocenters. The van der Waals surface area contributed by atoms with Gasteiger partial charge in [0.05, 0.1) is 5.69 Å². The van der Waals surface area contributed by atoms with Crippen LogP contribution in [0, 0.1) is 0 Å². The monoisotopic (exact) mass is 262 g/mol. The molecule has 0 spiro atoms. The molecule has 0 fully saturated rings. The molecule has 0 saturated heterocycles. The highest BCUT2D eigenvalue weighted by Crippen LogP contribution is 2.30. The van der Waals surface area contributed by atoms with E-state index >= 15 is 0 Å². The van der Waals surface area contributed by atoms with Gasteiger partial charge in [0.25, 0.3) is 0 Å². The Balaban J connectivity index is 2.16. The first-order chi connectivity index (χ1) is 8.90. The smallest absolute Gasteiger partial charge is 0.414 e. The SMILES string of the molecule is CC(C)(C)OC(=O)N1CCc2cc(CCN)ccc21. The zero-order valence-corrected chi connectivity index (χ0v) is 11.9. The van der Waals surface area contributed by atoms with Crippen molar-refractivity contribution in [3.05, 3.63) is 29.3 Å². The van der Waals surface area contributed by atoms with Crippen LogP contribution in [0.25, 0.3) is 0 Å². The third-order valence-electron chi connectivity index (χ3n) is 3.09. The van der Waals surface area contributed by atoms with Gasteiger partial charge in [0.15, 0.2) is 0 Å². The van der Waals surface area contributed by atoms with Crippen molar-refractivity contribution >= 4 is 11.8 Å². The van der Waals surface area contributed by atoms with Crippen LogP contribution in [0.15, 0.2) is 18.2 Å². The van der Waals surface area contributed by atoms with Gasteiger partial charge in [-0.2, -0.15) is 0 Å². The fourth-order valence-corrected chi connectivity index (χ4v) is 2.28. The van der Waals surface area contributed by atoms with E-state index in [2.05, 4.69) is 6.07 Å². The third-order valence-corrected chi connectivity index (χ3v) is 3.09. The minimum Gasteiger partial charge on any atom is -0.443 e. The lowest BCUT2D eigenvalue weighted by atomic mass is 10.1. The number of amides is 1. The molecule has 4 nitrogen and oxygen atoms in total. The second-order valence-electron chi connectivity index (χ2n) is 5.88. The Bertz CT molecular complexity index is 478. The number of rotatable bonds is 2. The fourth-order valence-electron chi connectivity index (χ4n) is 2.28. The van der Waals surface area contributed by atoms with Gasteiger partial charge >= 0.3 is 6.09 Å². The summed E-state index contributed by atoms with van der Waals surface area (Å²) < 4.78 is 5.42. The maximum atomic E-state index is 12.1. The van der Waals surface area contributed by atoms with Crippen LogP contribution in [0.1, 0.15) is 31.9 Å². The molecule has 1 aromatic carbocycles. The number of hydrogen-bond acceptors (Lipinski definition) is 3. The van der Waals surface area contributed by atoms with Gasteiger partial charge in [-0.1, -0.05) is 12.1 Å². The second-order valence-corrected chi connectivity index (χ2v) is 5.88. The zero-order valence-electron chi connectivity index (χ0n) is 11.9. The van der Waals surface area contributed by atoms with Crippen LogP contribution in [0.4, 0.5) is 10.5 Å². The minimum atomic E-state index is -0.459. The Morgan fingerprint density at radius 1 is 1.42 bits per heavy atom. The van der Waals surface area contributed by atoms with Gasteiger partial charge in [-0.15, -0.1) is 0 Å². The fraction of sp³-hybridized carbons (Fsp3) is 0.533. The number of ether oxygens (including phenoxy) is 1. The molecule has 4 heteroatoms. The van der Waals surface area contributed by atoms with Gasteiger partial charge in [0.1, 0.15) is 5.60 Å². The first kappa shape index (κ1) is 13.9. The highest BCUT2D eigenvalue weighted by Gasteiger charge is 2.28. The van der Waals surface area contributed by atoms with Crippen molar-refractivity contribution in [2.45, 2.75) is 39.2 Å². The predicted octanol–water partition coefficient (Wildman–Crippen LogP) is 2.49. The third kappa shape index (κ3) is 3.26. The van der Waals surface area contributed by atoms with E-state index in [9.17, 15) is 4.79 Å². The molecule has 1 aromatic rings. The lowest BCUT2D eigenvalue weighted by Gasteiger charge is -2.24. The first-order valence-corrected chi connectivity index (χ1v) is 6.73. The van der Waals surface area contributed by atoms with Crippen LogP contribution in [0.2, 0.25) is 0 Å². The van der Waals surface area contributed by atoms with Crippen LogP contribution in [-0.2, 0) is 17.6 Å². The number of nitrogens with two attached hydrogens (primary N) is 1. The highest BCUT2D eigenvalue weighted by molar-refractivity contribution is 5.90. The van der Waals surface area contributed by atoms with E-state index in [-0.39, 0.29) is 6.09 Å². The van der Waals surface area contributed by atoms with Crippen LogP contribution in [0.3, 0.4) is 0 Å². The number of carbonyl (C=O) groups excluding carboxylic acids is 1. The van der Waals surface area contributed by atoms with Gasteiger partial charge in [0, 0.05) is 6.54 Å². The van der Waals surface area contributed by atoms with Crippen LogP contribution < -0.4 is 10.6 Å². The van der Waals surface area contributed by atoms with Crippen molar-refractivity contribution in [3.8, 4) is 0 Å². The molecular formula is C15H22N2O2. The number of hydrogen-bond donors (Lipinski definition) is 1. The Morgan fingerprint density at radius 2 is 2.16 bits per heavy atom. The molecule has 0 radical (unpaired) electrons. The summed E-state index contributed by atoms with van der Waals surface area (Å²) in [4.78, 5) is 13.8. The normalized spacial score (nSPS) is 14.4. The van der Waals surface area contributed by atoms with Crippen molar-refractivity contribution in [3.63, 3.8) is 0 Å². The Morgan fingerprint density at radius 3 is 2.79 bits per heavy atom. The molecule has 0 bridgehead atoms. The maximum Gasteiger partial charge on any atom is 0.414 e. The highest BCUT2D eigenvalue weighted by atomic mass is 16.6. The van der Waals surface area contributed by atoms with Gasteiger partial charge in [0.2, 0.25) is 0 Å². The summed E-state index contributed by atoms with van der Waals surface area (Å²) in [5.41, 5.74) is 8.51. The zero-order chi connectivity index (χ0) is 14.0. The lowest BCUT2D eigenvalue weighted by molar-refractivity contribution is 0.0584. The number of nitrogens with zero attached hydrogens (tertiary/aromatic N) is 1. The van der Waals surface area contributed by atoms with Crippen molar-refractivity contribution in [2.75, 3.05) is 18.0 Å². The number of benzene rings is 1. The van der Waals surface area contributed by atoms with E-state index in [0.29, 0.717) is 13.1 Å². The van der Waals surface area contributed by atoms with Crippen molar-refractivity contribution < 1.29 is 9.53 Å². The average molecular weight is 262 g/mol. The molecule has 19 heavy (non-hydrogen) atoms. The topological polar surface area (TPSA) is 55.6 Å². The second kappa shape index (κ2) is 5.21. The van der Waals surface area contributed by atoms with Crippen molar-refractivity contribution in [2.24, 2.45) is 5.73 Å². The molecule has 1 aliphatic heterocycles. The Labute approximate surface area is 114 Å². The van der Waals surface area contributed by atoms with Gasteiger partial charge in [-0.05, 0) is 57.4 Å². The van der Waals surface area contributed by atoms with Gasteiger partial charge < -0.3 is 10.5 Å². The summed E-state index contributed by atoms with van der Waals surface area (Å²) in [6, 6.07) is 6.18. The minimum absolute atomic E-state index is 0.266. The average Bonchev–Trinajstić information content (AvgIpc) is 2.70. The molecule has 1 aliphatic rings. The summed E-state index contributed by atoms with van der Waals surface area (Å²) in [7, 11) is 0. The van der Waals surface area contributed by atoms with E-state index < -0.39 is 5.60 Å². The summed E-state index contributed by atoms with van der Waals surface area (Å²) >= 11 is 0. The van der Waals surface area contributed by atoms with Crippen LogP contribution in [-0.4, -0.2) is 24.8 Å². The van der Waals surface area contributed by atoms with Gasteiger partial charge in [-0.3, -0.25) is 4.90 Å². The molecule has 0 aliphatic carbocycles. The molecular weight excluding hydrogens is 240 g/mol. The number of fused-ring (bicyclic) bond motifs is 1. The van der Waals surface area contributed by atoms with Crippen LogP contribution in [0.5, 0.6) is 0 Å². The van der Waals surface area contributed by atoms with E-state index in [1.807, 2.05) is 32.9 Å². The Kier molecular flexibility index (Phi) is 3.80. The summed E-state index contributed by atoms with van der Waals surface area (Å²) in [5.74, 6) is 0. The largest absolute Gasteiger partial charge is 0.443 e. The molecule has 0 aromatic heterocycles. The van der Waals surface area contributed by atoms with Crippen molar-refractivity contribution in [1.29, 1.82) is 0 Å². The van der Waals surface area contributed by atoms with E-state index in [4.69, 9.17) is 10.5 Å². The standard InChI is InChI=1S/C15H22N2O2/c1-15(2,3)19-14(18)17-9-7-12-10-11(6-8-16)4-5-13(12)17/h4-5,10H,6-9,16H2,1-3H3. The van der Waals surface area contributed by atoms with E-state index in [1.54, 1.807) is 4.90 Å². The molecule has 104 valence electrons. The molecule has 2 rings (SSSR count). The first-order valence-electron chi connectivity index (χ1n) is 6.73. The molecule has 0 saturated carbocycles. The summed E-state index contributed by atoms with van der Waals surface area (Å²) in [5, 5.41) is 0. The predicted molar refractivity (Wildman–Crippen MR) is 76.5 cm³/mol. The molecule has 0 unspecified atom stereocenters. The quantitative estimate of drug-likeness (QED) is 0.891. The van der Waals surface area contributed by atoms with E-state index in [1.165, 1.54) is 11.1 Å². The Hall–Kier alpha value is -1.55. The van der Waals surface area contributed by atoms with E-state index in [0.717, 1.165) is 18.5 Å². The molecule has 1 heterocycles. The summed E-state index contributed by atoms with van der Waals surface area (Å²) in [6.07, 6.45) is 1.49. The lowest BCUT2D eigenvalue weighted by Crippen LogP contribution is -2.35. The van der Waals surface area contributed by atoms with Crippen molar-refractivity contribution in [1.82, 2.24) is 0 Å².